The molecule has 1 saturated carbocycles. The van der Waals surface area contributed by atoms with E-state index in [-0.39, 0.29) is 17.8 Å². The number of esters is 1. The van der Waals surface area contributed by atoms with Crippen LogP contribution in [0.3, 0.4) is 0 Å². The van der Waals surface area contributed by atoms with E-state index >= 15 is 0 Å². The van der Waals surface area contributed by atoms with Crippen molar-refractivity contribution in [3.8, 4) is 0 Å². The van der Waals surface area contributed by atoms with E-state index in [4.69, 9.17) is 10.5 Å². The Morgan fingerprint density at radius 2 is 1.81 bits per heavy atom. The van der Waals surface area contributed by atoms with Crippen molar-refractivity contribution < 1.29 is 14.3 Å². The van der Waals surface area contributed by atoms with Crippen LogP contribution in [0, 0.1) is 11.8 Å². The molecular formula is C20H33N3O3S. The summed E-state index contributed by atoms with van der Waals surface area (Å²) in [5.74, 6) is 0.406. The van der Waals surface area contributed by atoms with E-state index < -0.39 is 0 Å². The Balaban J connectivity index is 1.64. The largest absolute Gasteiger partial charge is 0.469 e. The summed E-state index contributed by atoms with van der Waals surface area (Å²) in [6.07, 6.45) is 8.43. The van der Waals surface area contributed by atoms with Crippen molar-refractivity contribution >= 4 is 23.6 Å². The first-order valence-corrected chi connectivity index (χ1v) is 11.1. The average molecular weight is 396 g/mol. The molecule has 27 heavy (non-hydrogen) atoms. The number of piperidine rings is 1. The molecule has 0 aromatic rings. The van der Waals surface area contributed by atoms with Gasteiger partial charge >= 0.3 is 5.97 Å². The lowest BCUT2D eigenvalue weighted by Crippen LogP contribution is -2.41. The van der Waals surface area contributed by atoms with E-state index in [1.807, 2.05) is 6.92 Å². The highest BCUT2D eigenvalue weighted by Crippen LogP contribution is 2.45. The van der Waals surface area contributed by atoms with Gasteiger partial charge in [0.05, 0.1) is 23.3 Å². The van der Waals surface area contributed by atoms with Crippen molar-refractivity contribution in [2.45, 2.75) is 69.7 Å². The van der Waals surface area contributed by atoms with E-state index in [1.165, 1.54) is 26.4 Å². The van der Waals surface area contributed by atoms with Gasteiger partial charge in [0.25, 0.3) is 5.91 Å². The zero-order chi connectivity index (χ0) is 19.4. The summed E-state index contributed by atoms with van der Waals surface area (Å²) in [5.41, 5.74) is 6.68. The molecule has 7 heteroatoms. The molecule has 2 heterocycles. The summed E-state index contributed by atoms with van der Waals surface area (Å²) in [5, 5.41) is 3.72. The minimum Gasteiger partial charge on any atom is -0.469 e. The van der Waals surface area contributed by atoms with Crippen LogP contribution < -0.4 is 11.1 Å². The van der Waals surface area contributed by atoms with Crippen LogP contribution in [0.15, 0.2) is 10.6 Å². The summed E-state index contributed by atoms with van der Waals surface area (Å²) in [6, 6.07) is 0.383. The highest BCUT2D eigenvalue weighted by Gasteiger charge is 2.39. The number of amides is 1. The summed E-state index contributed by atoms with van der Waals surface area (Å²) in [6.45, 7) is 4.27. The van der Waals surface area contributed by atoms with Gasteiger partial charge in [-0.05, 0) is 77.3 Å². The number of hydrogen-bond acceptors (Lipinski definition) is 6. The van der Waals surface area contributed by atoms with Gasteiger partial charge in [-0.2, -0.15) is 0 Å². The van der Waals surface area contributed by atoms with Gasteiger partial charge in [0.1, 0.15) is 0 Å². The maximum Gasteiger partial charge on any atom is 0.308 e. The predicted octanol–water partition coefficient (Wildman–Crippen LogP) is 2.59. The second-order valence-corrected chi connectivity index (χ2v) is 9.25. The van der Waals surface area contributed by atoms with Crippen LogP contribution in [-0.2, 0) is 14.3 Å². The van der Waals surface area contributed by atoms with Crippen LogP contribution in [0.25, 0.3) is 0 Å². The Labute approximate surface area is 166 Å². The lowest BCUT2D eigenvalue weighted by Gasteiger charge is -2.40. The highest BCUT2D eigenvalue weighted by molar-refractivity contribution is 8.04. The molecule has 0 aromatic heterocycles. The van der Waals surface area contributed by atoms with Gasteiger partial charge in [0.2, 0.25) is 0 Å². The zero-order valence-electron chi connectivity index (χ0n) is 16.5. The molecule has 152 valence electrons. The molecule has 6 nitrogen and oxygen atoms in total. The normalized spacial score (nSPS) is 29.9. The van der Waals surface area contributed by atoms with Gasteiger partial charge < -0.3 is 20.7 Å². The Morgan fingerprint density at radius 1 is 1.15 bits per heavy atom. The predicted molar refractivity (Wildman–Crippen MR) is 108 cm³/mol. The third kappa shape index (κ3) is 4.80. The minimum absolute atomic E-state index is 0.0228. The number of allylic oxidation sites excluding steroid dienone is 1. The number of primary amides is 1. The fraction of sp³-hybridized carbons (Fsp3) is 0.800. The van der Waals surface area contributed by atoms with Gasteiger partial charge in [-0.25, -0.2) is 0 Å². The standard InChI is InChI=1S/C20H33N3O3S/c1-13-18(19(21)24)27-17(8-3-14-9-11-22-12-10-14)23(13)16-6-4-15(5-7-16)20(25)26-2/h14-17,22H,3-12H2,1-2H3,(H2,21,24)/t15-,16-,17?. The number of nitrogens with zero attached hydrogens (tertiary/aromatic N) is 1. The summed E-state index contributed by atoms with van der Waals surface area (Å²) in [4.78, 5) is 26.9. The van der Waals surface area contributed by atoms with E-state index in [0.717, 1.165) is 61.7 Å². The van der Waals surface area contributed by atoms with Crippen molar-refractivity contribution in [2.75, 3.05) is 20.2 Å². The number of carbonyl (C=O) groups excluding carboxylic acids is 2. The molecule has 3 N–H and O–H groups in total. The monoisotopic (exact) mass is 395 g/mol. The molecular weight excluding hydrogens is 362 g/mol. The molecule has 0 spiro atoms. The molecule has 3 aliphatic rings. The second kappa shape index (κ2) is 9.32. The first-order valence-electron chi connectivity index (χ1n) is 10.3. The number of carbonyl (C=O) groups is 2. The Morgan fingerprint density at radius 3 is 2.41 bits per heavy atom. The van der Waals surface area contributed by atoms with E-state index in [1.54, 1.807) is 11.8 Å². The molecule has 3 rings (SSSR count). The molecule has 2 aliphatic heterocycles. The Bertz CT molecular complexity index is 581. The average Bonchev–Trinajstić information content (AvgIpc) is 3.03. The van der Waals surface area contributed by atoms with Crippen LogP contribution in [-0.4, -0.2) is 48.4 Å². The highest BCUT2D eigenvalue weighted by atomic mass is 32.2. The fourth-order valence-corrected chi connectivity index (χ4v) is 6.22. The number of rotatable bonds is 6. The van der Waals surface area contributed by atoms with Gasteiger partial charge in [0.15, 0.2) is 0 Å². The van der Waals surface area contributed by atoms with Crippen molar-refractivity contribution in [2.24, 2.45) is 17.6 Å². The third-order valence-corrected chi connectivity index (χ3v) is 7.88. The summed E-state index contributed by atoms with van der Waals surface area (Å²) in [7, 11) is 1.47. The van der Waals surface area contributed by atoms with E-state index in [9.17, 15) is 9.59 Å². The third-order valence-electron chi connectivity index (χ3n) is 6.41. The second-order valence-electron chi connectivity index (χ2n) is 8.06. The van der Waals surface area contributed by atoms with Crippen LogP contribution in [0.5, 0.6) is 0 Å². The van der Waals surface area contributed by atoms with Crippen molar-refractivity contribution in [1.29, 1.82) is 0 Å². The number of thioether (sulfide) groups is 1. The van der Waals surface area contributed by atoms with Crippen molar-refractivity contribution in [3.05, 3.63) is 10.6 Å². The van der Waals surface area contributed by atoms with E-state index in [2.05, 4.69) is 10.2 Å². The minimum atomic E-state index is -0.310. The van der Waals surface area contributed by atoms with Gasteiger partial charge in [-0.1, -0.05) is 11.8 Å². The smallest absolute Gasteiger partial charge is 0.308 e. The molecule has 0 aromatic carbocycles. The number of hydrogen-bond donors (Lipinski definition) is 2. The molecule has 1 atom stereocenters. The molecule has 0 radical (unpaired) electrons. The number of nitrogens with two attached hydrogens (primary N) is 1. The Hall–Kier alpha value is -1.21. The van der Waals surface area contributed by atoms with Gasteiger partial charge in [-0.3, -0.25) is 9.59 Å². The quantitative estimate of drug-likeness (QED) is 0.673. The van der Waals surface area contributed by atoms with Gasteiger partial charge in [-0.15, -0.1) is 0 Å². The van der Waals surface area contributed by atoms with Crippen LogP contribution in [0.4, 0.5) is 0 Å². The SMILES string of the molecule is COC(=O)[C@H]1CC[C@H](N2C(C)=C(C(N)=O)SC2CCC2CCNCC2)CC1. The molecule has 1 unspecified atom stereocenters. The summed E-state index contributed by atoms with van der Waals surface area (Å²) >= 11 is 1.65. The maximum absolute atomic E-state index is 11.9. The molecule has 1 saturated heterocycles. The molecule has 1 amide bonds. The molecule has 2 fully saturated rings. The number of ether oxygens (including phenoxy) is 1. The number of nitrogens with one attached hydrogen (secondary N) is 1. The topological polar surface area (TPSA) is 84.7 Å². The zero-order valence-corrected chi connectivity index (χ0v) is 17.4. The first-order chi connectivity index (χ1) is 13.0. The van der Waals surface area contributed by atoms with Crippen molar-refractivity contribution in [1.82, 2.24) is 10.2 Å². The Kier molecular flexibility index (Phi) is 7.09. The maximum atomic E-state index is 11.9. The number of methoxy groups -OCH3 is 1. The molecule has 1 aliphatic carbocycles. The lowest BCUT2D eigenvalue weighted by molar-refractivity contribution is -0.146. The van der Waals surface area contributed by atoms with Crippen LogP contribution >= 0.6 is 11.8 Å². The van der Waals surface area contributed by atoms with Crippen LogP contribution in [0.1, 0.15) is 58.3 Å². The lowest BCUT2D eigenvalue weighted by atomic mass is 9.85. The summed E-state index contributed by atoms with van der Waals surface area (Å²) < 4.78 is 4.91. The first kappa shape index (κ1) is 20.5. The van der Waals surface area contributed by atoms with Crippen molar-refractivity contribution in [3.63, 3.8) is 0 Å². The van der Waals surface area contributed by atoms with Crippen LogP contribution in [0.2, 0.25) is 0 Å². The van der Waals surface area contributed by atoms with Gasteiger partial charge in [0, 0.05) is 11.7 Å². The molecule has 0 bridgehead atoms. The van der Waals surface area contributed by atoms with E-state index in [0.29, 0.717) is 11.4 Å². The fourth-order valence-electron chi connectivity index (χ4n) is 4.86.